The minimum Gasteiger partial charge on any atom is -0.396 e. The molecule has 15 heavy (non-hydrogen) atoms. The standard InChI is InChI=1S/C9H16N4O2/c14-6-2-1-3-9(15)10-5-4-8-11-7-12-13-8/h7,14H,1-6H2,(H,10,15)(H,11,12,13). The number of nitrogens with one attached hydrogen (secondary N) is 2. The minimum absolute atomic E-state index is 0.0166. The molecule has 1 aromatic heterocycles. The molecule has 3 N–H and O–H groups in total. The van der Waals surface area contributed by atoms with E-state index in [1.165, 1.54) is 6.33 Å². The lowest BCUT2D eigenvalue weighted by Gasteiger charge is -2.02. The summed E-state index contributed by atoms with van der Waals surface area (Å²) in [6.07, 6.45) is 3.97. The molecular weight excluding hydrogens is 196 g/mol. The van der Waals surface area contributed by atoms with Crippen LogP contribution in [0, 0.1) is 0 Å². The number of amides is 1. The lowest BCUT2D eigenvalue weighted by Crippen LogP contribution is -2.25. The van der Waals surface area contributed by atoms with Crippen molar-refractivity contribution < 1.29 is 9.90 Å². The number of aromatic nitrogens is 3. The fraction of sp³-hybridized carbons (Fsp3) is 0.667. The van der Waals surface area contributed by atoms with Gasteiger partial charge in [0, 0.05) is 26.0 Å². The van der Waals surface area contributed by atoms with E-state index in [1.807, 2.05) is 0 Å². The summed E-state index contributed by atoms with van der Waals surface area (Å²) in [6.45, 7) is 0.707. The Balaban J connectivity index is 2.02. The number of aliphatic hydroxyl groups is 1. The highest BCUT2D eigenvalue weighted by Crippen LogP contribution is 1.93. The van der Waals surface area contributed by atoms with Crippen molar-refractivity contribution in [3.05, 3.63) is 12.2 Å². The van der Waals surface area contributed by atoms with Crippen LogP contribution in [0.25, 0.3) is 0 Å². The topological polar surface area (TPSA) is 90.9 Å². The number of hydrogen-bond acceptors (Lipinski definition) is 4. The summed E-state index contributed by atoms with van der Waals surface area (Å²) >= 11 is 0. The summed E-state index contributed by atoms with van der Waals surface area (Å²) in [4.78, 5) is 15.1. The third-order valence-electron chi connectivity index (χ3n) is 1.96. The van der Waals surface area contributed by atoms with Gasteiger partial charge in [-0.3, -0.25) is 9.89 Å². The molecule has 0 saturated carbocycles. The van der Waals surface area contributed by atoms with E-state index in [9.17, 15) is 4.79 Å². The minimum atomic E-state index is 0.0166. The Bertz CT molecular complexity index is 274. The average Bonchev–Trinajstić information content (AvgIpc) is 2.71. The van der Waals surface area contributed by atoms with E-state index in [0.29, 0.717) is 25.8 Å². The van der Waals surface area contributed by atoms with Crippen LogP contribution in [-0.2, 0) is 11.2 Å². The molecular formula is C9H16N4O2. The van der Waals surface area contributed by atoms with E-state index < -0.39 is 0 Å². The first-order valence-corrected chi connectivity index (χ1v) is 5.04. The van der Waals surface area contributed by atoms with Crippen LogP contribution < -0.4 is 5.32 Å². The summed E-state index contributed by atoms with van der Waals surface area (Å²) in [6, 6.07) is 0. The van der Waals surface area contributed by atoms with E-state index in [2.05, 4.69) is 20.5 Å². The Morgan fingerprint density at radius 3 is 3.07 bits per heavy atom. The quantitative estimate of drug-likeness (QED) is 0.538. The first-order chi connectivity index (χ1) is 7.33. The highest BCUT2D eigenvalue weighted by Gasteiger charge is 2.01. The lowest BCUT2D eigenvalue weighted by atomic mass is 10.2. The van der Waals surface area contributed by atoms with Crippen molar-refractivity contribution >= 4 is 5.91 Å². The van der Waals surface area contributed by atoms with Crippen molar-refractivity contribution in [3.63, 3.8) is 0 Å². The van der Waals surface area contributed by atoms with Crippen LogP contribution in [0.4, 0.5) is 0 Å². The molecule has 1 amide bonds. The van der Waals surface area contributed by atoms with Crippen molar-refractivity contribution in [1.29, 1.82) is 0 Å². The third kappa shape index (κ3) is 5.11. The molecule has 0 spiro atoms. The molecule has 0 unspecified atom stereocenters. The van der Waals surface area contributed by atoms with E-state index in [0.717, 1.165) is 12.2 Å². The predicted octanol–water partition coefficient (Wildman–Crippen LogP) is -0.374. The molecule has 0 saturated heterocycles. The lowest BCUT2D eigenvalue weighted by molar-refractivity contribution is -0.121. The summed E-state index contributed by atoms with van der Waals surface area (Å²) in [7, 11) is 0. The highest BCUT2D eigenvalue weighted by atomic mass is 16.2. The number of aromatic amines is 1. The van der Waals surface area contributed by atoms with Crippen molar-refractivity contribution in [2.24, 2.45) is 0 Å². The first-order valence-electron chi connectivity index (χ1n) is 5.04. The van der Waals surface area contributed by atoms with Crippen LogP contribution in [0.2, 0.25) is 0 Å². The van der Waals surface area contributed by atoms with Gasteiger partial charge in [-0.1, -0.05) is 0 Å². The summed E-state index contributed by atoms with van der Waals surface area (Å²) < 4.78 is 0. The molecule has 1 heterocycles. The summed E-state index contributed by atoms with van der Waals surface area (Å²) in [5, 5.41) is 17.7. The molecule has 84 valence electrons. The highest BCUT2D eigenvalue weighted by molar-refractivity contribution is 5.75. The molecule has 0 atom stereocenters. The Morgan fingerprint density at radius 2 is 2.40 bits per heavy atom. The maximum absolute atomic E-state index is 11.2. The maximum Gasteiger partial charge on any atom is 0.220 e. The van der Waals surface area contributed by atoms with Gasteiger partial charge >= 0.3 is 0 Å². The van der Waals surface area contributed by atoms with Gasteiger partial charge in [-0.15, -0.1) is 0 Å². The van der Waals surface area contributed by atoms with Crippen LogP contribution >= 0.6 is 0 Å². The van der Waals surface area contributed by atoms with Crippen molar-refractivity contribution in [3.8, 4) is 0 Å². The predicted molar refractivity (Wildman–Crippen MR) is 54.0 cm³/mol. The maximum atomic E-state index is 11.2. The Labute approximate surface area is 88.1 Å². The number of carbonyl (C=O) groups excluding carboxylic acids is 1. The molecule has 1 rings (SSSR count). The van der Waals surface area contributed by atoms with Crippen LogP contribution in [-0.4, -0.2) is 39.3 Å². The molecule has 6 heteroatoms. The number of carbonyl (C=O) groups is 1. The van der Waals surface area contributed by atoms with Gasteiger partial charge < -0.3 is 10.4 Å². The van der Waals surface area contributed by atoms with E-state index in [4.69, 9.17) is 5.11 Å². The molecule has 0 aliphatic rings. The Hall–Kier alpha value is -1.43. The Morgan fingerprint density at radius 1 is 1.53 bits per heavy atom. The van der Waals surface area contributed by atoms with Gasteiger partial charge in [-0.2, -0.15) is 5.10 Å². The molecule has 0 bridgehead atoms. The second-order valence-corrected chi connectivity index (χ2v) is 3.21. The van der Waals surface area contributed by atoms with Gasteiger partial charge in [0.2, 0.25) is 5.91 Å². The molecule has 0 aliphatic carbocycles. The van der Waals surface area contributed by atoms with E-state index in [-0.39, 0.29) is 12.5 Å². The smallest absolute Gasteiger partial charge is 0.220 e. The molecule has 1 aromatic rings. The molecule has 0 radical (unpaired) electrons. The van der Waals surface area contributed by atoms with Gasteiger partial charge in [-0.25, -0.2) is 4.98 Å². The summed E-state index contributed by atoms with van der Waals surface area (Å²) in [5.74, 6) is 0.786. The Kier molecular flexibility index (Phi) is 5.39. The number of aliphatic hydroxyl groups excluding tert-OH is 1. The average molecular weight is 212 g/mol. The second-order valence-electron chi connectivity index (χ2n) is 3.21. The fourth-order valence-corrected chi connectivity index (χ4v) is 1.16. The monoisotopic (exact) mass is 212 g/mol. The number of unbranched alkanes of at least 4 members (excludes halogenated alkanes) is 1. The van der Waals surface area contributed by atoms with E-state index >= 15 is 0 Å². The number of rotatable bonds is 7. The molecule has 0 aliphatic heterocycles. The van der Waals surface area contributed by atoms with Crippen LogP contribution in [0.15, 0.2) is 6.33 Å². The normalized spacial score (nSPS) is 10.2. The molecule has 6 nitrogen and oxygen atoms in total. The van der Waals surface area contributed by atoms with Crippen molar-refractivity contribution in [1.82, 2.24) is 20.5 Å². The van der Waals surface area contributed by atoms with Gasteiger partial charge in [0.05, 0.1) is 0 Å². The zero-order valence-corrected chi connectivity index (χ0v) is 8.57. The SMILES string of the molecule is O=C(CCCCO)NCCc1ncn[nH]1. The third-order valence-corrected chi connectivity index (χ3v) is 1.96. The van der Waals surface area contributed by atoms with Gasteiger partial charge in [-0.05, 0) is 12.8 Å². The number of H-pyrrole nitrogens is 1. The van der Waals surface area contributed by atoms with Gasteiger partial charge in [0.25, 0.3) is 0 Å². The number of hydrogen-bond donors (Lipinski definition) is 3. The number of nitrogens with zero attached hydrogens (tertiary/aromatic N) is 2. The van der Waals surface area contributed by atoms with Gasteiger partial charge in [0.1, 0.15) is 12.2 Å². The van der Waals surface area contributed by atoms with Crippen molar-refractivity contribution in [2.45, 2.75) is 25.7 Å². The fourth-order valence-electron chi connectivity index (χ4n) is 1.16. The van der Waals surface area contributed by atoms with Crippen LogP contribution in [0.1, 0.15) is 25.1 Å². The molecule has 0 aromatic carbocycles. The summed E-state index contributed by atoms with van der Waals surface area (Å²) in [5.41, 5.74) is 0. The zero-order valence-electron chi connectivity index (χ0n) is 8.57. The zero-order chi connectivity index (χ0) is 10.9. The molecule has 0 fully saturated rings. The van der Waals surface area contributed by atoms with Crippen LogP contribution in [0.3, 0.4) is 0 Å². The largest absolute Gasteiger partial charge is 0.396 e. The van der Waals surface area contributed by atoms with Crippen molar-refractivity contribution in [2.75, 3.05) is 13.2 Å². The van der Waals surface area contributed by atoms with Crippen LogP contribution in [0.5, 0.6) is 0 Å². The second kappa shape index (κ2) is 6.94. The van der Waals surface area contributed by atoms with E-state index in [1.54, 1.807) is 0 Å². The van der Waals surface area contributed by atoms with Gasteiger partial charge in [0.15, 0.2) is 0 Å². The first kappa shape index (κ1) is 11.6.